The van der Waals surface area contributed by atoms with Crippen LogP contribution in [0, 0.1) is 5.92 Å². The van der Waals surface area contributed by atoms with Gasteiger partial charge in [0.1, 0.15) is 0 Å². The van der Waals surface area contributed by atoms with Crippen molar-refractivity contribution in [3.8, 4) is 0 Å². The summed E-state index contributed by atoms with van der Waals surface area (Å²) in [7, 11) is -2.94. The molecule has 5 nitrogen and oxygen atoms in total. The Morgan fingerprint density at radius 2 is 2.17 bits per heavy atom. The molecule has 1 aliphatic heterocycles. The van der Waals surface area contributed by atoms with Crippen molar-refractivity contribution in [3.63, 3.8) is 0 Å². The highest BCUT2D eigenvalue weighted by Gasteiger charge is 2.34. The molecule has 0 bridgehead atoms. The van der Waals surface area contributed by atoms with E-state index in [0.717, 1.165) is 12.8 Å². The van der Waals surface area contributed by atoms with Crippen molar-refractivity contribution < 1.29 is 13.2 Å². The Morgan fingerprint density at radius 3 is 2.61 bits per heavy atom. The predicted octanol–water partition coefficient (Wildman–Crippen LogP) is 0.397. The standard InChI is InChI=1S/C12H24N2O3S/c1-3-14(11-6-8-18(16,17)9-11)12(15)10(2)5-4-7-13/h10-11H,3-9,13H2,1-2H3. The molecule has 18 heavy (non-hydrogen) atoms. The van der Waals surface area contributed by atoms with Crippen molar-refractivity contribution in [2.24, 2.45) is 11.7 Å². The Bertz CT molecular complexity index is 381. The molecule has 1 fully saturated rings. The van der Waals surface area contributed by atoms with Crippen LogP contribution in [0.2, 0.25) is 0 Å². The molecule has 2 unspecified atom stereocenters. The van der Waals surface area contributed by atoms with Gasteiger partial charge in [-0.25, -0.2) is 8.42 Å². The molecule has 106 valence electrons. The number of nitrogens with two attached hydrogens (primary N) is 1. The Hall–Kier alpha value is -0.620. The lowest BCUT2D eigenvalue weighted by Gasteiger charge is -2.29. The fourth-order valence-electron chi connectivity index (χ4n) is 2.45. The second kappa shape index (κ2) is 6.52. The van der Waals surface area contributed by atoms with Crippen molar-refractivity contribution >= 4 is 15.7 Å². The van der Waals surface area contributed by atoms with E-state index in [9.17, 15) is 13.2 Å². The molecule has 0 radical (unpaired) electrons. The van der Waals surface area contributed by atoms with Gasteiger partial charge >= 0.3 is 0 Å². The fraction of sp³-hybridized carbons (Fsp3) is 0.917. The van der Waals surface area contributed by atoms with Gasteiger partial charge in [-0.2, -0.15) is 0 Å². The molecule has 1 amide bonds. The van der Waals surface area contributed by atoms with Gasteiger partial charge in [-0.15, -0.1) is 0 Å². The fourth-order valence-corrected chi connectivity index (χ4v) is 4.18. The molecule has 0 saturated carbocycles. The van der Waals surface area contributed by atoms with Gasteiger partial charge in [0.2, 0.25) is 5.91 Å². The zero-order valence-corrected chi connectivity index (χ0v) is 12.1. The van der Waals surface area contributed by atoms with E-state index in [1.807, 2.05) is 13.8 Å². The van der Waals surface area contributed by atoms with Gasteiger partial charge in [-0.1, -0.05) is 6.92 Å². The van der Waals surface area contributed by atoms with Crippen LogP contribution in [0.15, 0.2) is 0 Å². The van der Waals surface area contributed by atoms with Crippen molar-refractivity contribution in [1.82, 2.24) is 4.90 Å². The van der Waals surface area contributed by atoms with Crippen LogP contribution in [-0.2, 0) is 14.6 Å². The lowest BCUT2D eigenvalue weighted by atomic mass is 10.0. The number of amides is 1. The smallest absolute Gasteiger partial charge is 0.225 e. The molecule has 0 aromatic carbocycles. The lowest BCUT2D eigenvalue weighted by Crippen LogP contribution is -2.43. The molecular weight excluding hydrogens is 252 g/mol. The Labute approximate surface area is 110 Å². The minimum atomic E-state index is -2.94. The van der Waals surface area contributed by atoms with Gasteiger partial charge in [0.15, 0.2) is 9.84 Å². The number of carbonyl (C=O) groups excluding carboxylic acids is 1. The highest BCUT2D eigenvalue weighted by Crippen LogP contribution is 2.20. The number of carbonyl (C=O) groups is 1. The number of nitrogens with zero attached hydrogens (tertiary/aromatic N) is 1. The van der Waals surface area contributed by atoms with Gasteiger partial charge in [0.25, 0.3) is 0 Å². The third kappa shape index (κ3) is 3.95. The minimum Gasteiger partial charge on any atom is -0.339 e. The van der Waals surface area contributed by atoms with Crippen LogP contribution in [0.1, 0.15) is 33.1 Å². The predicted molar refractivity (Wildman–Crippen MR) is 71.9 cm³/mol. The second-order valence-electron chi connectivity index (χ2n) is 5.01. The first-order valence-corrected chi connectivity index (χ1v) is 8.44. The first-order valence-electron chi connectivity index (χ1n) is 6.62. The first kappa shape index (κ1) is 15.4. The summed E-state index contributed by atoms with van der Waals surface area (Å²) in [5, 5.41) is 0. The molecule has 1 heterocycles. The molecule has 0 aromatic rings. The summed E-state index contributed by atoms with van der Waals surface area (Å²) in [4.78, 5) is 14.0. The van der Waals surface area contributed by atoms with Gasteiger partial charge in [-0.3, -0.25) is 4.79 Å². The molecule has 2 N–H and O–H groups in total. The molecule has 6 heteroatoms. The molecule has 2 atom stereocenters. The number of rotatable bonds is 6. The van der Waals surface area contributed by atoms with E-state index >= 15 is 0 Å². The third-order valence-corrected chi connectivity index (χ3v) is 5.29. The summed E-state index contributed by atoms with van der Waals surface area (Å²) in [5.74, 6) is 0.319. The average molecular weight is 276 g/mol. The molecule has 1 aliphatic rings. The maximum atomic E-state index is 12.3. The monoisotopic (exact) mass is 276 g/mol. The van der Waals surface area contributed by atoms with Gasteiger partial charge in [-0.05, 0) is 32.7 Å². The van der Waals surface area contributed by atoms with E-state index in [4.69, 9.17) is 5.73 Å². The van der Waals surface area contributed by atoms with Crippen LogP contribution in [0.4, 0.5) is 0 Å². The van der Waals surface area contributed by atoms with Crippen molar-refractivity contribution in [2.45, 2.75) is 39.2 Å². The van der Waals surface area contributed by atoms with Crippen LogP contribution in [0.25, 0.3) is 0 Å². The highest BCUT2D eigenvalue weighted by molar-refractivity contribution is 7.91. The number of sulfone groups is 1. The quantitative estimate of drug-likeness (QED) is 0.761. The Kier molecular flexibility index (Phi) is 5.59. The Morgan fingerprint density at radius 1 is 1.50 bits per heavy atom. The van der Waals surface area contributed by atoms with Crippen molar-refractivity contribution in [2.75, 3.05) is 24.6 Å². The lowest BCUT2D eigenvalue weighted by molar-refractivity contribution is -0.136. The van der Waals surface area contributed by atoms with Crippen molar-refractivity contribution in [3.05, 3.63) is 0 Å². The van der Waals surface area contributed by atoms with E-state index in [0.29, 0.717) is 19.5 Å². The maximum absolute atomic E-state index is 12.3. The minimum absolute atomic E-state index is 0.0630. The Balaban J connectivity index is 2.63. The van der Waals surface area contributed by atoms with E-state index in [-0.39, 0.29) is 29.4 Å². The molecule has 0 aromatic heterocycles. The molecule has 1 rings (SSSR count). The SMILES string of the molecule is CCN(C(=O)C(C)CCCN)C1CCS(=O)(=O)C1. The summed E-state index contributed by atoms with van der Waals surface area (Å²) in [6.07, 6.45) is 2.17. The zero-order chi connectivity index (χ0) is 13.8. The van der Waals surface area contributed by atoms with E-state index in [2.05, 4.69) is 0 Å². The average Bonchev–Trinajstić information content (AvgIpc) is 2.67. The van der Waals surface area contributed by atoms with Crippen LogP contribution >= 0.6 is 0 Å². The van der Waals surface area contributed by atoms with Gasteiger partial charge < -0.3 is 10.6 Å². The van der Waals surface area contributed by atoms with Crippen LogP contribution < -0.4 is 5.73 Å². The van der Waals surface area contributed by atoms with Gasteiger partial charge in [0.05, 0.1) is 11.5 Å². The molecular formula is C12H24N2O3S. The normalized spacial score (nSPS) is 23.8. The van der Waals surface area contributed by atoms with E-state index in [1.54, 1.807) is 4.90 Å². The summed E-state index contributed by atoms with van der Waals surface area (Å²) < 4.78 is 22.9. The highest BCUT2D eigenvalue weighted by atomic mass is 32.2. The van der Waals surface area contributed by atoms with Crippen LogP contribution in [0.5, 0.6) is 0 Å². The van der Waals surface area contributed by atoms with Crippen molar-refractivity contribution in [1.29, 1.82) is 0 Å². The summed E-state index contributed by atoms with van der Waals surface area (Å²) in [6.45, 7) is 4.95. The first-order chi connectivity index (χ1) is 8.41. The molecule has 0 aliphatic carbocycles. The zero-order valence-electron chi connectivity index (χ0n) is 11.3. The summed E-state index contributed by atoms with van der Waals surface area (Å²) >= 11 is 0. The van der Waals surface area contributed by atoms with Gasteiger partial charge in [0, 0.05) is 18.5 Å². The number of hydrogen-bond donors (Lipinski definition) is 1. The third-order valence-electron chi connectivity index (χ3n) is 3.54. The van der Waals surface area contributed by atoms with Crippen LogP contribution in [0.3, 0.4) is 0 Å². The van der Waals surface area contributed by atoms with Crippen LogP contribution in [-0.4, -0.2) is 49.9 Å². The number of hydrogen-bond acceptors (Lipinski definition) is 4. The summed E-state index contributed by atoms with van der Waals surface area (Å²) in [6, 6.07) is -0.132. The maximum Gasteiger partial charge on any atom is 0.225 e. The van der Waals surface area contributed by atoms with E-state index < -0.39 is 9.84 Å². The van der Waals surface area contributed by atoms with E-state index in [1.165, 1.54) is 0 Å². The topological polar surface area (TPSA) is 80.5 Å². The molecule has 0 spiro atoms. The molecule has 1 saturated heterocycles. The summed E-state index contributed by atoms with van der Waals surface area (Å²) in [5.41, 5.74) is 5.44. The second-order valence-corrected chi connectivity index (χ2v) is 7.24. The largest absolute Gasteiger partial charge is 0.339 e.